The molecule has 0 radical (unpaired) electrons. The van der Waals surface area contributed by atoms with E-state index in [2.05, 4.69) is 19.9 Å². The van der Waals surface area contributed by atoms with Crippen LogP contribution in [0.3, 0.4) is 0 Å². The number of aromatic nitrogens is 2. The average molecular weight is 280 g/mol. The van der Waals surface area contributed by atoms with Crippen molar-refractivity contribution in [1.29, 1.82) is 0 Å². The number of carboxylic acid groups (broad SMARTS) is 1. The summed E-state index contributed by atoms with van der Waals surface area (Å²) in [5.41, 5.74) is 0. The van der Waals surface area contributed by atoms with Gasteiger partial charge in [-0.2, -0.15) is 4.98 Å². The van der Waals surface area contributed by atoms with Crippen LogP contribution in [-0.2, 0) is 4.79 Å². The van der Waals surface area contributed by atoms with Crippen molar-refractivity contribution in [1.82, 2.24) is 19.9 Å². The predicted octanol–water partition coefficient (Wildman–Crippen LogP) is 0.566. The Morgan fingerprint density at radius 2 is 2.05 bits per heavy atom. The zero-order chi connectivity index (χ0) is 14.3. The highest BCUT2D eigenvalue weighted by Crippen LogP contribution is 2.29. The Morgan fingerprint density at radius 1 is 1.35 bits per heavy atom. The van der Waals surface area contributed by atoms with Crippen LogP contribution in [0.4, 0.5) is 0 Å². The van der Waals surface area contributed by atoms with Gasteiger partial charge in [0.1, 0.15) is 0 Å². The maximum atomic E-state index is 11.0. The Bertz CT molecular complexity index is 496. The van der Waals surface area contributed by atoms with Gasteiger partial charge in [-0.05, 0) is 0 Å². The number of rotatable bonds is 4. The van der Waals surface area contributed by atoms with Gasteiger partial charge >= 0.3 is 5.97 Å². The molecule has 4 heterocycles. The second-order valence-electron chi connectivity index (χ2n) is 5.76. The van der Waals surface area contributed by atoms with Crippen molar-refractivity contribution in [3.63, 3.8) is 0 Å². The maximum absolute atomic E-state index is 11.0. The molecule has 1 N–H and O–H groups in total. The number of hydrogen-bond donors (Lipinski definition) is 1. The molecule has 2 bridgehead atoms. The molecule has 1 aromatic heterocycles. The van der Waals surface area contributed by atoms with Crippen molar-refractivity contribution in [2.24, 2.45) is 5.92 Å². The molecule has 3 aliphatic rings. The van der Waals surface area contributed by atoms with Crippen LogP contribution in [0.5, 0.6) is 0 Å². The number of piperazine rings is 3. The van der Waals surface area contributed by atoms with Gasteiger partial charge in [-0.15, -0.1) is 0 Å². The van der Waals surface area contributed by atoms with Gasteiger partial charge in [-0.1, -0.05) is 19.0 Å². The molecule has 0 spiro atoms. The Balaban J connectivity index is 1.75. The second kappa shape index (κ2) is 5.14. The van der Waals surface area contributed by atoms with E-state index < -0.39 is 11.9 Å². The van der Waals surface area contributed by atoms with Crippen molar-refractivity contribution < 1.29 is 14.4 Å². The summed E-state index contributed by atoms with van der Waals surface area (Å²) >= 11 is 0. The zero-order valence-corrected chi connectivity index (χ0v) is 11.8. The lowest BCUT2D eigenvalue weighted by molar-refractivity contribution is -0.141. The van der Waals surface area contributed by atoms with Gasteiger partial charge in [0.05, 0.1) is 12.0 Å². The molecule has 0 saturated carbocycles. The topological polar surface area (TPSA) is 82.7 Å². The van der Waals surface area contributed by atoms with Gasteiger partial charge in [0.2, 0.25) is 5.89 Å². The molecule has 1 aromatic rings. The highest BCUT2D eigenvalue weighted by atomic mass is 16.5. The first-order valence-electron chi connectivity index (χ1n) is 7.09. The van der Waals surface area contributed by atoms with Crippen LogP contribution in [0, 0.1) is 5.92 Å². The van der Waals surface area contributed by atoms with Crippen LogP contribution in [0.1, 0.15) is 37.5 Å². The number of aliphatic carboxylic acids is 1. The zero-order valence-electron chi connectivity index (χ0n) is 11.8. The highest BCUT2D eigenvalue weighted by Gasteiger charge is 2.36. The molecule has 0 amide bonds. The van der Waals surface area contributed by atoms with E-state index in [1.54, 1.807) is 6.92 Å². The van der Waals surface area contributed by atoms with Gasteiger partial charge in [0.15, 0.2) is 5.82 Å². The lowest BCUT2D eigenvalue weighted by Gasteiger charge is -2.46. The smallest absolute Gasteiger partial charge is 0.307 e. The van der Waals surface area contributed by atoms with Crippen molar-refractivity contribution in [3.05, 3.63) is 11.7 Å². The monoisotopic (exact) mass is 280 g/mol. The van der Waals surface area contributed by atoms with Gasteiger partial charge in [0.25, 0.3) is 0 Å². The Labute approximate surface area is 117 Å². The summed E-state index contributed by atoms with van der Waals surface area (Å²) in [7, 11) is 0. The molecule has 0 aromatic carbocycles. The number of fused-ring (bicyclic) bond motifs is 3. The Morgan fingerprint density at radius 3 is 2.60 bits per heavy atom. The number of hydrogen-bond acceptors (Lipinski definition) is 6. The van der Waals surface area contributed by atoms with Crippen LogP contribution >= 0.6 is 0 Å². The van der Waals surface area contributed by atoms with Crippen LogP contribution in [0.2, 0.25) is 0 Å². The van der Waals surface area contributed by atoms with E-state index in [-0.39, 0.29) is 12.0 Å². The van der Waals surface area contributed by atoms with Gasteiger partial charge < -0.3 is 9.63 Å². The molecular weight excluding hydrogens is 260 g/mol. The molecule has 0 aliphatic carbocycles. The average Bonchev–Trinajstić information content (AvgIpc) is 2.96. The predicted molar refractivity (Wildman–Crippen MR) is 70.3 cm³/mol. The molecule has 7 nitrogen and oxygen atoms in total. The fourth-order valence-electron chi connectivity index (χ4n) is 2.86. The summed E-state index contributed by atoms with van der Waals surface area (Å²) in [5, 5.41) is 13.1. The van der Waals surface area contributed by atoms with E-state index in [4.69, 9.17) is 9.63 Å². The first-order chi connectivity index (χ1) is 9.56. The molecule has 110 valence electrons. The van der Waals surface area contributed by atoms with E-state index >= 15 is 0 Å². The SMILES string of the molecule is CC(C(=O)O)C(C)c1nc(C2CN3CCN2CC3)no1. The summed E-state index contributed by atoms with van der Waals surface area (Å²) in [6.07, 6.45) is 0. The Kier molecular flexibility index (Phi) is 3.47. The number of nitrogens with zero attached hydrogens (tertiary/aromatic N) is 4. The summed E-state index contributed by atoms with van der Waals surface area (Å²) in [4.78, 5) is 20.3. The van der Waals surface area contributed by atoms with E-state index in [9.17, 15) is 4.79 Å². The van der Waals surface area contributed by atoms with Gasteiger partial charge in [-0.25, -0.2) is 0 Å². The maximum Gasteiger partial charge on any atom is 0.307 e. The quantitative estimate of drug-likeness (QED) is 0.863. The van der Waals surface area contributed by atoms with Gasteiger partial charge in [0, 0.05) is 38.6 Å². The van der Waals surface area contributed by atoms with Crippen LogP contribution < -0.4 is 0 Å². The van der Waals surface area contributed by atoms with E-state index in [0.717, 1.165) is 32.7 Å². The first kappa shape index (κ1) is 13.5. The summed E-state index contributed by atoms with van der Waals surface area (Å²) in [5.74, 6) is -0.537. The lowest BCUT2D eigenvalue weighted by atomic mass is 9.96. The van der Waals surface area contributed by atoms with Crippen LogP contribution in [0.15, 0.2) is 4.52 Å². The minimum absolute atomic E-state index is 0.183. The molecule has 3 unspecified atom stereocenters. The minimum Gasteiger partial charge on any atom is -0.481 e. The third-order valence-electron chi connectivity index (χ3n) is 4.56. The Hall–Kier alpha value is -1.47. The third-order valence-corrected chi connectivity index (χ3v) is 4.56. The summed E-state index contributed by atoms with van der Waals surface area (Å²) < 4.78 is 5.29. The molecule has 4 rings (SSSR count). The van der Waals surface area contributed by atoms with Crippen molar-refractivity contribution in [2.75, 3.05) is 32.7 Å². The van der Waals surface area contributed by atoms with Crippen molar-refractivity contribution in [3.8, 4) is 0 Å². The molecule has 3 atom stereocenters. The van der Waals surface area contributed by atoms with E-state index in [0.29, 0.717) is 11.7 Å². The highest BCUT2D eigenvalue weighted by molar-refractivity contribution is 5.70. The van der Waals surface area contributed by atoms with Crippen molar-refractivity contribution in [2.45, 2.75) is 25.8 Å². The van der Waals surface area contributed by atoms with Crippen molar-refractivity contribution >= 4 is 5.97 Å². The standard InChI is InChI=1S/C13H20N4O3/c1-8(9(2)13(18)19)12-14-11(15-20-12)10-7-16-3-5-17(10)6-4-16/h8-10H,3-7H2,1-2H3,(H,18,19). The van der Waals surface area contributed by atoms with E-state index in [1.165, 1.54) is 0 Å². The normalized spacial score (nSPS) is 32.0. The minimum atomic E-state index is -0.844. The third kappa shape index (κ3) is 2.31. The lowest BCUT2D eigenvalue weighted by Crippen LogP contribution is -2.57. The molecule has 3 fully saturated rings. The second-order valence-corrected chi connectivity index (χ2v) is 5.76. The number of carboxylic acids is 1. The first-order valence-corrected chi connectivity index (χ1v) is 7.09. The summed E-state index contributed by atoms with van der Waals surface area (Å²) in [6.45, 7) is 8.69. The van der Waals surface area contributed by atoms with Gasteiger partial charge in [-0.3, -0.25) is 14.6 Å². The van der Waals surface area contributed by atoms with Crippen LogP contribution in [0.25, 0.3) is 0 Å². The molecule has 20 heavy (non-hydrogen) atoms. The summed E-state index contributed by atoms with van der Waals surface area (Å²) in [6, 6.07) is 0.183. The molecule has 7 heteroatoms. The fourth-order valence-corrected chi connectivity index (χ4v) is 2.86. The molecule has 3 aliphatic heterocycles. The molecular formula is C13H20N4O3. The van der Waals surface area contributed by atoms with Crippen LogP contribution in [-0.4, -0.2) is 63.7 Å². The largest absolute Gasteiger partial charge is 0.481 e. The van der Waals surface area contributed by atoms with E-state index in [1.807, 2.05) is 6.92 Å². The number of carbonyl (C=O) groups is 1. The fraction of sp³-hybridized carbons (Fsp3) is 0.769. The molecule has 3 saturated heterocycles.